The normalized spacial score (nSPS) is 13.6. The van der Waals surface area contributed by atoms with Crippen molar-refractivity contribution in [3.05, 3.63) is 0 Å². The molecule has 0 aliphatic heterocycles. The van der Waals surface area contributed by atoms with Gasteiger partial charge in [0.25, 0.3) is 10.0 Å². The van der Waals surface area contributed by atoms with Crippen molar-refractivity contribution in [1.29, 1.82) is 0 Å². The van der Waals surface area contributed by atoms with Crippen LogP contribution in [0.4, 0.5) is 4.79 Å². The summed E-state index contributed by atoms with van der Waals surface area (Å²) in [5.41, 5.74) is -1.66. The second-order valence-corrected chi connectivity index (χ2v) is 4.92. The van der Waals surface area contributed by atoms with Crippen molar-refractivity contribution in [2.24, 2.45) is 0 Å². The Kier molecular flexibility index (Phi) is 6.31. The standard InChI is InChI=1S/C8H18N2O5S/c1-4-10(5-2)6-7(11)16(13,14)9-8(12)15-3/h7,11H,4-6H2,1-3H3,(H,9,12). The molecule has 0 saturated carbocycles. The summed E-state index contributed by atoms with van der Waals surface area (Å²) in [6.07, 6.45) is -1.11. The molecule has 0 rings (SSSR count). The van der Waals surface area contributed by atoms with Crippen molar-refractivity contribution in [2.75, 3.05) is 26.7 Å². The van der Waals surface area contributed by atoms with Crippen molar-refractivity contribution in [3.63, 3.8) is 0 Å². The van der Waals surface area contributed by atoms with Crippen LogP contribution in [0.15, 0.2) is 0 Å². The Bertz CT molecular complexity index is 312. The maximum atomic E-state index is 11.4. The number of carbonyl (C=O) groups excluding carboxylic acids is 1. The molecule has 1 unspecified atom stereocenters. The minimum Gasteiger partial charge on any atom is -0.452 e. The molecule has 0 aliphatic carbocycles. The second kappa shape index (κ2) is 6.66. The Labute approximate surface area is 95.4 Å². The Hall–Kier alpha value is -0.860. The first-order valence-electron chi connectivity index (χ1n) is 4.87. The molecule has 0 fully saturated rings. The van der Waals surface area contributed by atoms with Crippen molar-refractivity contribution in [2.45, 2.75) is 19.3 Å². The van der Waals surface area contributed by atoms with E-state index in [0.29, 0.717) is 13.1 Å². The van der Waals surface area contributed by atoms with E-state index in [1.54, 1.807) is 9.62 Å². The summed E-state index contributed by atoms with van der Waals surface area (Å²) in [5, 5.41) is 9.45. The molecule has 0 spiro atoms. The fraction of sp³-hybridized carbons (Fsp3) is 0.875. The number of nitrogens with one attached hydrogen (secondary N) is 1. The molecule has 0 radical (unpaired) electrons. The third-order valence-electron chi connectivity index (χ3n) is 2.08. The van der Waals surface area contributed by atoms with Crippen molar-refractivity contribution < 1.29 is 23.1 Å². The number of nitrogens with zero attached hydrogens (tertiary/aromatic N) is 1. The van der Waals surface area contributed by atoms with Crippen LogP contribution in [-0.4, -0.2) is 56.7 Å². The van der Waals surface area contributed by atoms with E-state index >= 15 is 0 Å². The topological polar surface area (TPSA) is 95.9 Å². The minimum absolute atomic E-state index is 0.0562. The van der Waals surface area contributed by atoms with E-state index in [2.05, 4.69) is 4.74 Å². The number of likely N-dealkylation sites (N-methyl/N-ethyl adjacent to an activating group) is 1. The van der Waals surface area contributed by atoms with Crippen LogP contribution in [0.1, 0.15) is 13.8 Å². The first-order chi connectivity index (χ1) is 7.37. The van der Waals surface area contributed by atoms with E-state index in [9.17, 15) is 18.3 Å². The highest BCUT2D eigenvalue weighted by atomic mass is 32.2. The third kappa shape index (κ3) is 4.77. The van der Waals surface area contributed by atoms with Gasteiger partial charge in [-0.05, 0) is 13.1 Å². The fourth-order valence-electron chi connectivity index (χ4n) is 1.03. The van der Waals surface area contributed by atoms with Crippen LogP contribution in [0, 0.1) is 0 Å². The predicted octanol–water partition coefficient (Wildman–Crippen LogP) is -0.668. The van der Waals surface area contributed by atoms with Gasteiger partial charge < -0.3 is 14.7 Å². The molecule has 96 valence electrons. The van der Waals surface area contributed by atoms with Crippen LogP contribution in [-0.2, 0) is 14.8 Å². The van der Waals surface area contributed by atoms with E-state index in [-0.39, 0.29) is 6.54 Å². The lowest BCUT2D eigenvalue weighted by atomic mass is 10.5. The lowest BCUT2D eigenvalue weighted by molar-refractivity contribution is 0.166. The maximum Gasteiger partial charge on any atom is 0.420 e. The predicted molar refractivity (Wildman–Crippen MR) is 58.3 cm³/mol. The maximum absolute atomic E-state index is 11.4. The zero-order valence-electron chi connectivity index (χ0n) is 9.63. The van der Waals surface area contributed by atoms with Gasteiger partial charge in [-0.25, -0.2) is 17.9 Å². The number of sulfonamides is 1. The lowest BCUT2D eigenvalue weighted by Crippen LogP contribution is -2.44. The number of hydrogen-bond donors (Lipinski definition) is 2. The van der Waals surface area contributed by atoms with Crippen LogP contribution >= 0.6 is 0 Å². The summed E-state index contributed by atoms with van der Waals surface area (Å²) in [7, 11) is -3.05. The first kappa shape index (κ1) is 15.1. The van der Waals surface area contributed by atoms with E-state index in [0.717, 1.165) is 7.11 Å². The van der Waals surface area contributed by atoms with E-state index in [4.69, 9.17) is 0 Å². The van der Waals surface area contributed by atoms with Gasteiger partial charge in [0.05, 0.1) is 7.11 Å². The van der Waals surface area contributed by atoms with Gasteiger partial charge in [0.1, 0.15) is 0 Å². The average Bonchev–Trinajstić information content (AvgIpc) is 2.24. The zero-order valence-corrected chi connectivity index (χ0v) is 10.5. The summed E-state index contributed by atoms with van der Waals surface area (Å²) in [6, 6.07) is 0. The minimum atomic E-state index is -4.10. The summed E-state index contributed by atoms with van der Waals surface area (Å²) >= 11 is 0. The van der Waals surface area contributed by atoms with Crippen LogP contribution in [0.25, 0.3) is 0 Å². The summed E-state index contributed by atoms with van der Waals surface area (Å²) < 4.78 is 28.5. The molecule has 1 atom stereocenters. The molecular formula is C8H18N2O5S. The molecule has 16 heavy (non-hydrogen) atoms. The van der Waals surface area contributed by atoms with Gasteiger partial charge in [-0.1, -0.05) is 13.8 Å². The van der Waals surface area contributed by atoms with Crippen molar-refractivity contribution >= 4 is 16.1 Å². The first-order valence-corrected chi connectivity index (χ1v) is 6.42. The zero-order chi connectivity index (χ0) is 12.8. The van der Waals surface area contributed by atoms with E-state index in [1.807, 2.05) is 13.8 Å². The number of amides is 1. The monoisotopic (exact) mass is 254 g/mol. The van der Waals surface area contributed by atoms with Crippen LogP contribution < -0.4 is 4.72 Å². The summed E-state index contributed by atoms with van der Waals surface area (Å²) in [6.45, 7) is 4.86. The highest BCUT2D eigenvalue weighted by Crippen LogP contribution is 1.99. The molecule has 1 amide bonds. The molecular weight excluding hydrogens is 236 g/mol. The van der Waals surface area contributed by atoms with Gasteiger partial charge in [-0.3, -0.25) is 0 Å². The molecule has 8 heteroatoms. The fourth-order valence-corrected chi connectivity index (χ4v) is 1.89. The number of aliphatic hydroxyl groups excluding tert-OH is 1. The molecule has 0 aliphatic rings. The second-order valence-electron chi connectivity index (χ2n) is 3.08. The quantitative estimate of drug-likeness (QED) is 0.653. The summed E-state index contributed by atoms with van der Waals surface area (Å²) in [5.74, 6) is 0. The summed E-state index contributed by atoms with van der Waals surface area (Å²) in [4.78, 5) is 12.4. The van der Waals surface area contributed by atoms with Crippen LogP contribution in [0.2, 0.25) is 0 Å². The van der Waals surface area contributed by atoms with Gasteiger partial charge in [-0.15, -0.1) is 0 Å². The molecule has 2 N–H and O–H groups in total. The van der Waals surface area contributed by atoms with E-state index in [1.165, 1.54) is 0 Å². The van der Waals surface area contributed by atoms with Gasteiger partial charge in [0, 0.05) is 6.54 Å². The Balaban J connectivity index is 4.46. The number of rotatable bonds is 6. The van der Waals surface area contributed by atoms with Gasteiger partial charge >= 0.3 is 6.09 Å². The average molecular weight is 254 g/mol. The van der Waals surface area contributed by atoms with Gasteiger partial charge in [0.15, 0.2) is 5.44 Å². The van der Waals surface area contributed by atoms with Crippen molar-refractivity contribution in [1.82, 2.24) is 9.62 Å². The Morgan fingerprint density at radius 3 is 2.31 bits per heavy atom. The molecule has 0 bridgehead atoms. The SMILES string of the molecule is CCN(CC)CC(O)S(=O)(=O)NC(=O)OC. The highest BCUT2D eigenvalue weighted by molar-refractivity contribution is 7.90. The third-order valence-corrected chi connectivity index (χ3v) is 3.39. The van der Waals surface area contributed by atoms with Crippen molar-refractivity contribution in [3.8, 4) is 0 Å². The number of carbonyl (C=O) groups is 1. The highest BCUT2D eigenvalue weighted by Gasteiger charge is 2.26. The van der Waals surface area contributed by atoms with E-state index < -0.39 is 21.6 Å². The van der Waals surface area contributed by atoms with Crippen LogP contribution in [0.5, 0.6) is 0 Å². The molecule has 7 nitrogen and oxygen atoms in total. The number of methoxy groups -OCH3 is 1. The molecule has 0 aromatic carbocycles. The smallest absolute Gasteiger partial charge is 0.420 e. The Morgan fingerprint density at radius 1 is 1.44 bits per heavy atom. The number of ether oxygens (including phenoxy) is 1. The van der Waals surface area contributed by atoms with Crippen LogP contribution in [0.3, 0.4) is 0 Å². The van der Waals surface area contributed by atoms with Gasteiger partial charge in [-0.2, -0.15) is 0 Å². The molecule has 0 heterocycles. The number of aliphatic hydroxyl groups is 1. The Morgan fingerprint density at radius 2 is 1.94 bits per heavy atom. The van der Waals surface area contributed by atoms with Gasteiger partial charge in [0.2, 0.25) is 0 Å². The number of hydrogen-bond acceptors (Lipinski definition) is 6. The largest absolute Gasteiger partial charge is 0.452 e. The lowest BCUT2D eigenvalue weighted by Gasteiger charge is -2.21. The molecule has 0 aromatic heterocycles. The molecule has 0 saturated heterocycles. The molecule has 0 aromatic rings.